The summed E-state index contributed by atoms with van der Waals surface area (Å²) in [7, 11) is 3.27. The molecule has 0 radical (unpaired) electrons. The van der Waals surface area contributed by atoms with Crippen LogP contribution in [0.4, 0.5) is 0 Å². The van der Waals surface area contributed by atoms with Gasteiger partial charge in [0, 0.05) is 24.8 Å². The van der Waals surface area contributed by atoms with Crippen LogP contribution in [0.1, 0.15) is 12.0 Å². The van der Waals surface area contributed by atoms with Crippen LogP contribution < -0.4 is 0 Å². The minimum Gasteiger partial charge on any atom is -0.464 e. The lowest BCUT2D eigenvalue weighted by atomic mass is 10.1. The summed E-state index contributed by atoms with van der Waals surface area (Å²) in [6.45, 7) is 2.05. The Bertz CT molecular complexity index is 787. The van der Waals surface area contributed by atoms with Crippen LogP contribution in [0.15, 0.2) is 34.6 Å². The Morgan fingerprint density at radius 1 is 1.42 bits per heavy atom. The molecule has 0 amide bonds. The second-order valence-electron chi connectivity index (χ2n) is 5.45. The number of rotatable bonds is 5. The van der Waals surface area contributed by atoms with Gasteiger partial charge in [-0.15, -0.1) is 10.2 Å². The predicted octanol–water partition coefficient (Wildman–Crippen LogP) is 2.20. The molecule has 2 aromatic rings. The van der Waals surface area contributed by atoms with Crippen LogP contribution in [-0.4, -0.2) is 45.4 Å². The van der Waals surface area contributed by atoms with Crippen LogP contribution in [0.3, 0.4) is 0 Å². The fourth-order valence-electron chi connectivity index (χ4n) is 2.42. The maximum absolute atomic E-state index is 11.4. The molecule has 0 fully saturated rings. The Morgan fingerprint density at radius 3 is 2.96 bits per heavy atom. The van der Waals surface area contributed by atoms with Gasteiger partial charge in [0.05, 0.1) is 7.11 Å². The molecule has 1 aromatic heterocycles. The van der Waals surface area contributed by atoms with Gasteiger partial charge in [-0.2, -0.15) is 0 Å². The van der Waals surface area contributed by atoms with Crippen molar-refractivity contribution in [2.75, 3.05) is 12.9 Å². The molecule has 0 N–H and O–H groups in total. The first-order valence-electron chi connectivity index (χ1n) is 7.49. The normalized spacial score (nSPS) is 16.6. The van der Waals surface area contributed by atoms with Gasteiger partial charge < -0.3 is 14.1 Å². The Hall–Kier alpha value is -2.35. The zero-order chi connectivity index (χ0) is 17.1. The predicted molar refractivity (Wildman–Crippen MR) is 90.8 cm³/mol. The van der Waals surface area contributed by atoms with Crippen LogP contribution in [0.2, 0.25) is 0 Å². The fourth-order valence-corrected chi connectivity index (χ4v) is 3.31. The number of thioether (sulfide) groups is 1. The highest BCUT2D eigenvalue weighted by Crippen LogP contribution is 2.26. The maximum Gasteiger partial charge on any atom is 0.355 e. The van der Waals surface area contributed by atoms with E-state index in [9.17, 15) is 4.79 Å². The van der Waals surface area contributed by atoms with E-state index in [1.807, 2.05) is 29.8 Å². The molecule has 126 valence electrons. The van der Waals surface area contributed by atoms with Gasteiger partial charge in [-0.25, -0.2) is 4.79 Å². The molecule has 0 saturated heterocycles. The lowest BCUT2D eigenvalue weighted by Crippen LogP contribution is -2.18. The van der Waals surface area contributed by atoms with E-state index in [1.165, 1.54) is 18.9 Å². The number of hydrogen-bond acceptors (Lipinski definition) is 7. The number of carbonyl (C=O) groups excluding carboxylic acids is 1. The molecule has 0 saturated carbocycles. The first-order valence-corrected chi connectivity index (χ1v) is 8.48. The molecule has 3 rings (SSSR count). The third-order valence-corrected chi connectivity index (χ3v) is 4.93. The van der Waals surface area contributed by atoms with E-state index < -0.39 is 5.97 Å². The van der Waals surface area contributed by atoms with Crippen LogP contribution in [0.5, 0.6) is 0 Å². The first kappa shape index (κ1) is 16.5. The van der Waals surface area contributed by atoms with E-state index in [4.69, 9.17) is 4.84 Å². The van der Waals surface area contributed by atoms with E-state index in [0.717, 1.165) is 22.1 Å². The summed E-state index contributed by atoms with van der Waals surface area (Å²) in [5, 5.41) is 13.1. The summed E-state index contributed by atoms with van der Waals surface area (Å²) in [5.41, 5.74) is 2.54. The molecule has 0 unspecified atom stereocenters. The number of oxime groups is 1. The van der Waals surface area contributed by atoms with Crippen molar-refractivity contribution < 1.29 is 14.4 Å². The summed E-state index contributed by atoms with van der Waals surface area (Å²) in [4.78, 5) is 16.7. The number of hydrogen-bond donors (Lipinski definition) is 0. The number of nitrogens with zero attached hydrogens (tertiary/aromatic N) is 4. The standard InChI is InChI=1S/C16H18N4O3S/c1-10-6-4-5-7-12(10)14-17-18-16(20(14)2)24-9-11-8-13(19-23-11)15(21)22-3/h4-7,11H,8-9H2,1-3H3/t11-/m0/s1. The SMILES string of the molecule is COC(=O)C1=NO[C@H](CSc2nnc(-c3ccccc3C)n2C)C1. The van der Waals surface area contributed by atoms with Gasteiger partial charge in [0.25, 0.3) is 0 Å². The van der Waals surface area contributed by atoms with Crippen LogP contribution in [0.25, 0.3) is 11.4 Å². The van der Waals surface area contributed by atoms with E-state index in [-0.39, 0.29) is 6.10 Å². The van der Waals surface area contributed by atoms with Gasteiger partial charge in [-0.05, 0) is 12.5 Å². The monoisotopic (exact) mass is 346 g/mol. The zero-order valence-electron chi connectivity index (χ0n) is 13.7. The Morgan fingerprint density at radius 2 is 2.21 bits per heavy atom. The molecule has 7 nitrogen and oxygen atoms in total. The Labute approximate surface area is 144 Å². The average molecular weight is 346 g/mol. The highest BCUT2D eigenvalue weighted by molar-refractivity contribution is 7.99. The second-order valence-corrected chi connectivity index (χ2v) is 6.44. The van der Waals surface area contributed by atoms with Gasteiger partial charge in [0.2, 0.25) is 0 Å². The molecule has 0 aliphatic carbocycles. The molecule has 1 aliphatic rings. The molecule has 1 aromatic carbocycles. The summed E-state index contributed by atoms with van der Waals surface area (Å²) < 4.78 is 6.61. The van der Waals surface area contributed by atoms with Gasteiger partial charge in [-0.3, -0.25) is 0 Å². The Balaban J connectivity index is 1.64. The molecule has 0 spiro atoms. The molecule has 1 atom stereocenters. The van der Waals surface area contributed by atoms with Crippen molar-refractivity contribution in [2.45, 2.75) is 24.6 Å². The van der Waals surface area contributed by atoms with E-state index in [1.54, 1.807) is 0 Å². The summed E-state index contributed by atoms with van der Waals surface area (Å²) >= 11 is 1.53. The average Bonchev–Trinajstić information content (AvgIpc) is 3.20. The van der Waals surface area contributed by atoms with Crippen molar-refractivity contribution in [1.29, 1.82) is 0 Å². The van der Waals surface area contributed by atoms with Crippen molar-refractivity contribution in [1.82, 2.24) is 14.8 Å². The largest absolute Gasteiger partial charge is 0.464 e. The van der Waals surface area contributed by atoms with Gasteiger partial charge in [0.15, 0.2) is 16.7 Å². The van der Waals surface area contributed by atoms with E-state index in [2.05, 4.69) is 33.1 Å². The third-order valence-electron chi connectivity index (χ3n) is 3.77. The lowest BCUT2D eigenvalue weighted by Gasteiger charge is -2.08. The van der Waals surface area contributed by atoms with Crippen LogP contribution in [0, 0.1) is 6.92 Å². The van der Waals surface area contributed by atoms with Crippen LogP contribution in [-0.2, 0) is 21.4 Å². The minimum atomic E-state index is -0.442. The first-order chi connectivity index (χ1) is 11.6. The number of esters is 1. The van der Waals surface area contributed by atoms with Crippen LogP contribution >= 0.6 is 11.8 Å². The van der Waals surface area contributed by atoms with E-state index >= 15 is 0 Å². The molecule has 24 heavy (non-hydrogen) atoms. The number of ether oxygens (including phenoxy) is 1. The highest BCUT2D eigenvalue weighted by Gasteiger charge is 2.27. The molecular formula is C16H18N4O3S. The fraction of sp³-hybridized carbons (Fsp3) is 0.375. The Kier molecular flexibility index (Phi) is 4.84. The van der Waals surface area contributed by atoms with Crippen molar-refractivity contribution in [3.8, 4) is 11.4 Å². The number of aromatic nitrogens is 3. The molecule has 0 bridgehead atoms. The number of benzene rings is 1. The van der Waals surface area contributed by atoms with E-state index in [0.29, 0.717) is 17.9 Å². The summed E-state index contributed by atoms with van der Waals surface area (Å²) in [6.07, 6.45) is 0.282. The third kappa shape index (κ3) is 3.28. The number of carbonyl (C=O) groups is 1. The topological polar surface area (TPSA) is 78.6 Å². The van der Waals surface area contributed by atoms with Crippen molar-refractivity contribution in [2.24, 2.45) is 12.2 Å². The zero-order valence-corrected chi connectivity index (χ0v) is 14.5. The van der Waals surface area contributed by atoms with Crippen molar-refractivity contribution >= 4 is 23.4 Å². The maximum atomic E-state index is 11.4. The van der Waals surface area contributed by atoms with Gasteiger partial charge >= 0.3 is 5.97 Å². The molecule has 2 heterocycles. The quantitative estimate of drug-likeness (QED) is 0.610. The highest BCUT2D eigenvalue weighted by atomic mass is 32.2. The second kappa shape index (κ2) is 7.04. The minimum absolute atomic E-state index is 0.164. The number of aryl methyl sites for hydroxylation is 1. The molecule has 8 heteroatoms. The molecule has 1 aliphatic heterocycles. The van der Waals surface area contributed by atoms with Crippen molar-refractivity contribution in [3.63, 3.8) is 0 Å². The smallest absolute Gasteiger partial charge is 0.355 e. The number of methoxy groups -OCH3 is 1. The molecular weight excluding hydrogens is 328 g/mol. The lowest BCUT2D eigenvalue weighted by molar-refractivity contribution is -0.132. The van der Waals surface area contributed by atoms with Crippen molar-refractivity contribution in [3.05, 3.63) is 29.8 Å². The van der Waals surface area contributed by atoms with Gasteiger partial charge in [0.1, 0.15) is 6.10 Å². The summed E-state index contributed by atoms with van der Waals surface area (Å²) in [6, 6.07) is 8.07. The van der Waals surface area contributed by atoms with Gasteiger partial charge in [-0.1, -0.05) is 41.2 Å². The summed E-state index contributed by atoms with van der Waals surface area (Å²) in [5.74, 6) is 1.02.